The first-order valence-electron chi connectivity index (χ1n) is 10.1. The summed E-state index contributed by atoms with van der Waals surface area (Å²) in [5.74, 6) is 0.0959. The lowest BCUT2D eigenvalue weighted by atomic mass is 9.88. The van der Waals surface area contributed by atoms with E-state index in [2.05, 4.69) is 83.4 Å². The molecule has 0 bridgehead atoms. The molecule has 0 radical (unpaired) electrons. The van der Waals surface area contributed by atoms with Crippen molar-refractivity contribution in [3.8, 4) is 0 Å². The molecule has 0 heterocycles. The molecule has 3 heteroatoms. The molecular weight excluding hydrogens is 344 g/mol. The van der Waals surface area contributed by atoms with E-state index in [1.807, 2.05) is 12.1 Å². The van der Waals surface area contributed by atoms with Gasteiger partial charge in [-0.05, 0) is 30.4 Å². The van der Waals surface area contributed by atoms with E-state index in [0.717, 1.165) is 19.3 Å². The van der Waals surface area contributed by atoms with Crippen molar-refractivity contribution in [3.63, 3.8) is 0 Å². The number of rotatable bonds is 6. The number of quaternary nitrogens is 1. The lowest BCUT2D eigenvalue weighted by molar-refractivity contribution is -0.676. The van der Waals surface area contributed by atoms with Crippen molar-refractivity contribution in [2.75, 3.05) is 6.54 Å². The second-order valence-corrected chi connectivity index (χ2v) is 7.45. The van der Waals surface area contributed by atoms with Gasteiger partial charge in [0.25, 0.3) is 5.91 Å². The molecule has 1 amide bonds. The average molecular weight is 372 g/mol. The molecule has 0 aliphatic heterocycles. The quantitative estimate of drug-likeness (QED) is 0.684. The Bertz CT molecular complexity index is 869. The molecule has 0 unspecified atom stereocenters. The molecule has 0 saturated heterocycles. The molecular formula is C25H27N2O+. The Morgan fingerprint density at radius 3 is 2.18 bits per heavy atom. The summed E-state index contributed by atoms with van der Waals surface area (Å²) >= 11 is 0. The molecule has 28 heavy (non-hydrogen) atoms. The van der Waals surface area contributed by atoms with Gasteiger partial charge in [-0.2, -0.15) is 0 Å². The van der Waals surface area contributed by atoms with Gasteiger partial charge in [0.05, 0.1) is 6.04 Å². The van der Waals surface area contributed by atoms with Crippen LogP contribution in [-0.2, 0) is 11.2 Å². The molecule has 0 fully saturated rings. The molecule has 142 valence electrons. The highest BCUT2D eigenvalue weighted by Crippen LogP contribution is 2.29. The van der Waals surface area contributed by atoms with Gasteiger partial charge in [-0.3, -0.25) is 4.79 Å². The maximum atomic E-state index is 12.7. The zero-order chi connectivity index (χ0) is 19.2. The second-order valence-electron chi connectivity index (χ2n) is 7.45. The van der Waals surface area contributed by atoms with E-state index in [4.69, 9.17) is 0 Å². The van der Waals surface area contributed by atoms with Gasteiger partial charge in [0, 0.05) is 11.1 Å². The topological polar surface area (TPSA) is 45.7 Å². The minimum atomic E-state index is 0.0959. The third-order valence-electron chi connectivity index (χ3n) is 5.56. The first kappa shape index (κ1) is 18.5. The van der Waals surface area contributed by atoms with Gasteiger partial charge in [0.15, 0.2) is 6.54 Å². The Morgan fingerprint density at radius 1 is 0.893 bits per heavy atom. The fraction of sp³-hybridized carbons (Fsp3) is 0.240. The highest BCUT2D eigenvalue weighted by Gasteiger charge is 2.23. The van der Waals surface area contributed by atoms with Gasteiger partial charge in [-0.15, -0.1) is 0 Å². The molecule has 1 aliphatic carbocycles. The summed E-state index contributed by atoms with van der Waals surface area (Å²) in [4.78, 5) is 12.7. The number of aryl methyl sites for hydroxylation is 1. The van der Waals surface area contributed by atoms with Crippen LogP contribution in [0, 0.1) is 0 Å². The van der Waals surface area contributed by atoms with Crippen LogP contribution >= 0.6 is 0 Å². The van der Waals surface area contributed by atoms with Crippen LogP contribution in [0.25, 0.3) is 0 Å². The van der Waals surface area contributed by atoms with Crippen molar-refractivity contribution in [2.24, 2.45) is 0 Å². The molecule has 1 atom stereocenters. The number of hydrogen-bond acceptors (Lipinski definition) is 1. The van der Waals surface area contributed by atoms with Crippen LogP contribution < -0.4 is 10.6 Å². The predicted molar refractivity (Wildman–Crippen MR) is 112 cm³/mol. The minimum Gasteiger partial charge on any atom is -0.344 e. The summed E-state index contributed by atoms with van der Waals surface area (Å²) in [5, 5.41) is 5.40. The van der Waals surface area contributed by atoms with Crippen molar-refractivity contribution in [3.05, 3.63) is 107 Å². The maximum absolute atomic E-state index is 12.7. The fourth-order valence-corrected chi connectivity index (χ4v) is 4.17. The zero-order valence-electron chi connectivity index (χ0n) is 16.1. The van der Waals surface area contributed by atoms with E-state index in [9.17, 15) is 4.79 Å². The summed E-state index contributed by atoms with van der Waals surface area (Å²) in [6.07, 6.45) is 3.25. The number of amides is 1. The molecule has 0 aromatic heterocycles. The van der Waals surface area contributed by atoms with Crippen LogP contribution in [0.2, 0.25) is 0 Å². The number of benzene rings is 3. The van der Waals surface area contributed by atoms with Gasteiger partial charge in [0.1, 0.15) is 6.04 Å². The molecule has 0 spiro atoms. The summed E-state index contributed by atoms with van der Waals surface area (Å²) in [7, 11) is 0. The van der Waals surface area contributed by atoms with Gasteiger partial charge >= 0.3 is 0 Å². The van der Waals surface area contributed by atoms with Crippen LogP contribution in [0.5, 0.6) is 0 Å². The molecule has 1 aliphatic rings. The van der Waals surface area contributed by atoms with Gasteiger partial charge in [0.2, 0.25) is 0 Å². The van der Waals surface area contributed by atoms with Crippen molar-refractivity contribution in [1.82, 2.24) is 5.32 Å². The zero-order valence-corrected chi connectivity index (χ0v) is 16.1. The monoisotopic (exact) mass is 371 g/mol. The summed E-state index contributed by atoms with van der Waals surface area (Å²) < 4.78 is 0. The van der Waals surface area contributed by atoms with Crippen molar-refractivity contribution < 1.29 is 10.1 Å². The van der Waals surface area contributed by atoms with E-state index in [1.54, 1.807) is 0 Å². The van der Waals surface area contributed by atoms with E-state index >= 15 is 0 Å². The summed E-state index contributed by atoms with van der Waals surface area (Å²) in [6.45, 7) is 0.410. The summed E-state index contributed by atoms with van der Waals surface area (Å²) in [5.41, 5.74) is 5.08. The first-order valence-corrected chi connectivity index (χ1v) is 10.1. The SMILES string of the molecule is O=C(C[NH2+]C(c1ccccc1)c1ccccc1)N[C@@H]1CCCc2ccccc21. The number of nitrogens with two attached hydrogens (primary N) is 1. The van der Waals surface area contributed by atoms with E-state index < -0.39 is 0 Å². The van der Waals surface area contributed by atoms with E-state index in [0.29, 0.717) is 6.54 Å². The molecule has 3 aromatic carbocycles. The number of fused-ring (bicyclic) bond motifs is 1. The average Bonchev–Trinajstić information content (AvgIpc) is 2.76. The standard InChI is InChI=1S/C25H26N2O/c28-24(27-23-17-9-15-19-10-7-8-16-22(19)23)18-26-25(20-11-3-1-4-12-20)21-13-5-2-6-14-21/h1-8,10-14,16,23,25-26H,9,15,17-18H2,(H,27,28)/p+1/t23-/m1/s1. The maximum Gasteiger partial charge on any atom is 0.275 e. The third kappa shape index (κ3) is 4.32. The highest BCUT2D eigenvalue weighted by molar-refractivity contribution is 5.77. The lowest BCUT2D eigenvalue weighted by Gasteiger charge is -2.26. The van der Waals surface area contributed by atoms with Crippen LogP contribution in [-0.4, -0.2) is 12.5 Å². The molecule has 0 saturated carbocycles. The fourth-order valence-electron chi connectivity index (χ4n) is 4.17. The lowest BCUT2D eigenvalue weighted by Crippen LogP contribution is -2.87. The van der Waals surface area contributed by atoms with Gasteiger partial charge in [-0.25, -0.2) is 0 Å². The van der Waals surface area contributed by atoms with Crippen LogP contribution in [0.1, 0.15) is 47.2 Å². The number of carbonyl (C=O) groups is 1. The first-order chi connectivity index (χ1) is 13.8. The van der Waals surface area contributed by atoms with E-state index in [-0.39, 0.29) is 18.0 Å². The molecule has 4 rings (SSSR count). The second kappa shape index (κ2) is 8.85. The van der Waals surface area contributed by atoms with Crippen LogP contribution in [0.3, 0.4) is 0 Å². The van der Waals surface area contributed by atoms with Crippen LogP contribution in [0.4, 0.5) is 0 Å². The minimum absolute atomic E-state index is 0.0959. The Kier molecular flexibility index (Phi) is 5.83. The molecule has 3 nitrogen and oxygen atoms in total. The smallest absolute Gasteiger partial charge is 0.275 e. The number of nitrogens with one attached hydrogen (secondary N) is 1. The van der Waals surface area contributed by atoms with Crippen molar-refractivity contribution in [1.29, 1.82) is 0 Å². The Morgan fingerprint density at radius 2 is 1.50 bits per heavy atom. The highest BCUT2D eigenvalue weighted by atomic mass is 16.2. The summed E-state index contributed by atoms with van der Waals surface area (Å²) in [6, 6.07) is 29.5. The normalized spacial score (nSPS) is 15.8. The van der Waals surface area contributed by atoms with Crippen LogP contribution in [0.15, 0.2) is 84.9 Å². The third-order valence-corrected chi connectivity index (χ3v) is 5.56. The molecule has 3 N–H and O–H groups in total. The molecule has 3 aromatic rings. The number of hydrogen-bond donors (Lipinski definition) is 2. The number of carbonyl (C=O) groups excluding carboxylic acids is 1. The largest absolute Gasteiger partial charge is 0.344 e. The predicted octanol–water partition coefficient (Wildman–Crippen LogP) is 3.53. The van der Waals surface area contributed by atoms with E-state index in [1.165, 1.54) is 22.3 Å². The Hall–Kier alpha value is -2.91. The van der Waals surface area contributed by atoms with Crippen molar-refractivity contribution >= 4 is 5.91 Å². The van der Waals surface area contributed by atoms with Gasteiger partial charge in [-0.1, -0.05) is 84.9 Å². The van der Waals surface area contributed by atoms with Gasteiger partial charge < -0.3 is 10.6 Å². The Labute approximate surface area is 166 Å². The van der Waals surface area contributed by atoms with Crippen molar-refractivity contribution in [2.45, 2.75) is 31.3 Å². The Balaban J connectivity index is 1.44.